The standard InChI is InChI=1S/C23H30F2O9.C23H30F2O7S2.C21H28F2O6S2.C19H24F2O8/c1-4-28-10(2)29-16-14-15(30-18(16)26)17-19(31-14)33-23(32-17)12-5-11-6-13(23)9-22(7-11,8-12)34-20(27)21(3,24)25;1-4-28-10(2)29-16-14-15(30-18(16)26)17-19(31-14)34-23(33-17)12-5-11-6-13(23)9-22(7-11,8-12)32-20(27)21(3,24)25;1-4-26-10(2)27-14-15-17(28-16(14)24)31-21(30-15)12-5-11-6-13(21)9-20(7-11,8-12)29-18(25)19(3,22)23;1-17(20,21)16(23)29-18-5-9-3-10(6-18)19(11(4-9)7-18)27-13-12(25-8-24-2)14(22)26-15(13)28-19/h2*10-17,19H,4-9H2,1-3H3;10-15,17H,4-9H2,1-3H3;9-13,15H,3-8H2,1-2H3. The van der Waals surface area contributed by atoms with Gasteiger partial charge >= 0.3 is 71.4 Å². The zero-order valence-electron chi connectivity index (χ0n) is 72.8. The summed E-state index contributed by atoms with van der Waals surface area (Å²) >= 11 is 7.11. The molecule has 10 heterocycles. The van der Waals surface area contributed by atoms with Crippen LogP contribution in [0, 0.1) is 71.0 Å². The second-order valence-corrected chi connectivity index (χ2v) is 46.2. The monoisotopic (exact) mass is 1900 g/mol. The van der Waals surface area contributed by atoms with Crippen molar-refractivity contribution in [1.82, 2.24) is 0 Å². The molecule has 42 heteroatoms. The highest BCUT2D eigenvalue weighted by Gasteiger charge is 2.79. The molecule has 4 spiro atoms. The topological polar surface area (TPSA) is 340 Å². The molecule has 128 heavy (non-hydrogen) atoms. The third-order valence-corrected chi connectivity index (χ3v) is 39.3. The molecule has 0 aromatic heterocycles. The maximum Gasteiger partial charge on any atom is 0.377 e. The number of halogens is 8. The van der Waals surface area contributed by atoms with Crippen molar-refractivity contribution in [2.24, 2.45) is 71.0 Å². The molecule has 16 aliphatic carbocycles. The Morgan fingerprint density at radius 2 is 0.711 bits per heavy atom. The highest BCUT2D eigenvalue weighted by molar-refractivity contribution is 8.22. The fraction of sp³-hybridized carbons (Fsp3) is 0.907. The van der Waals surface area contributed by atoms with Gasteiger partial charge in [-0.25, -0.2) is 38.4 Å². The van der Waals surface area contributed by atoms with E-state index in [0.29, 0.717) is 136 Å². The summed E-state index contributed by atoms with van der Waals surface area (Å²) in [6.45, 7) is 14.4. The number of methoxy groups -OCH3 is 1. The van der Waals surface area contributed by atoms with Crippen LogP contribution in [0.15, 0.2) is 0 Å². The molecule has 0 aromatic carbocycles. The van der Waals surface area contributed by atoms with Crippen LogP contribution in [0.1, 0.15) is 198 Å². The van der Waals surface area contributed by atoms with E-state index in [1.54, 1.807) is 56.1 Å². The molecule has 10 saturated heterocycles. The Bertz CT molecular complexity index is 4100. The highest BCUT2D eigenvalue weighted by atomic mass is 32.2. The molecule has 26 rings (SSSR count). The van der Waals surface area contributed by atoms with Crippen LogP contribution in [0.4, 0.5) is 35.1 Å². The minimum atomic E-state index is -3.54. The summed E-state index contributed by atoms with van der Waals surface area (Å²) in [6, 6.07) is 0. The van der Waals surface area contributed by atoms with E-state index in [1.165, 1.54) is 7.11 Å². The number of rotatable bonds is 23. The van der Waals surface area contributed by atoms with Crippen LogP contribution >= 0.6 is 47.0 Å². The van der Waals surface area contributed by atoms with Crippen molar-refractivity contribution in [3.05, 3.63) is 0 Å². The van der Waals surface area contributed by atoms with E-state index >= 15 is 0 Å². The van der Waals surface area contributed by atoms with Crippen molar-refractivity contribution in [2.75, 3.05) is 33.7 Å². The Balaban J connectivity index is 0.000000111. The van der Waals surface area contributed by atoms with E-state index < -0.39 is 186 Å². The summed E-state index contributed by atoms with van der Waals surface area (Å²) in [5.41, 5.74) is -3.81. The first-order chi connectivity index (χ1) is 60.3. The van der Waals surface area contributed by atoms with Gasteiger partial charge in [-0.1, -0.05) is 11.8 Å². The highest BCUT2D eigenvalue weighted by Crippen LogP contribution is 2.77. The molecule has 716 valence electrons. The maximum atomic E-state index is 13.6. The van der Waals surface area contributed by atoms with Crippen molar-refractivity contribution < 1.29 is 178 Å². The van der Waals surface area contributed by atoms with Crippen molar-refractivity contribution in [3.63, 3.8) is 0 Å². The molecule has 27 unspecified atom stereocenters. The minimum Gasteiger partial charge on any atom is -0.456 e. The normalized spacial score (nSPS) is 48.1. The van der Waals surface area contributed by atoms with Crippen LogP contribution < -0.4 is 0 Å². The van der Waals surface area contributed by atoms with Crippen molar-refractivity contribution in [3.8, 4) is 0 Å². The Morgan fingerprint density at radius 1 is 0.375 bits per heavy atom. The Morgan fingerprint density at radius 3 is 1.11 bits per heavy atom. The fourth-order valence-corrected chi connectivity index (χ4v) is 35.8. The summed E-state index contributed by atoms with van der Waals surface area (Å²) in [7, 11) is 1.45. The van der Waals surface area contributed by atoms with Gasteiger partial charge in [0.2, 0.25) is 6.29 Å². The maximum absolute atomic E-state index is 13.6. The van der Waals surface area contributed by atoms with Gasteiger partial charge in [0.15, 0.2) is 84.9 Å². The van der Waals surface area contributed by atoms with Gasteiger partial charge in [0.25, 0.3) is 0 Å². The predicted octanol–water partition coefficient (Wildman–Crippen LogP) is 11.7. The quantitative estimate of drug-likeness (QED) is 0.0397. The third kappa shape index (κ3) is 16.1. The number of hydrogen-bond donors (Lipinski definition) is 0. The lowest BCUT2D eigenvalue weighted by atomic mass is 9.51. The molecule has 0 radical (unpaired) electrons. The second-order valence-electron chi connectivity index (χ2n) is 40.0. The summed E-state index contributed by atoms with van der Waals surface area (Å²) in [5.74, 6) is -22.0. The van der Waals surface area contributed by atoms with Crippen LogP contribution in [0.2, 0.25) is 0 Å². The molecule has 0 aromatic rings. The fourth-order valence-electron chi connectivity index (χ4n) is 27.1. The minimum absolute atomic E-state index is 0.00838. The lowest BCUT2D eigenvalue weighted by Crippen LogP contribution is -2.66. The van der Waals surface area contributed by atoms with E-state index in [-0.39, 0.29) is 108 Å². The lowest BCUT2D eigenvalue weighted by molar-refractivity contribution is -0.344. The van der Waals surface area contributed by atoms with Crippen LogP contribution in [-0.2, 0) is 143 Å². The molecule has 0 amide bonds. The molecular formula is C86H112F8O30S4. The Kier molecular flexibility index (Phi) is 24.1. The molecule has 26 fully saturated rings. The van der Waals surface area contributed by atoms with E-state index in [4.69, 9.17) is 104 Å². The van der Waals surface area contributed by atoms with E-state index in [0.717, 1.165) is 51.4 Å². The summed E-state index contributed by atoms with van der Waals surface area (Å²) in [6.07, 6.45) is 3.55. The Labute approximate surface area is 750 Å². The number of esters is 8. The molecule has 0 N–H and O–H groups in total. The molecule has 27 atom stereocenters. The number of fused-ring (bicyclic) bond motifs is 8. The van der Waals surface area contributed by atoms with Crippen LogP contribution in [-0.4, -0.2) is 261 Å². The molecule has 16 bridgehead atoms. The second kappa shape index (κ2) is 33.2. The van der Waals surface area contributed by atoms with Gasteiger partial charge < -0.3 is 104 Å². The SMILES string of the molecule is CCOC(C)OC1C(=O)OC2C1OC1SC3(SC12)C1CC2CC3CC(OC(=O)C(C)(F)F)(C2)C1.CCOC(C)OC1C(=O)OC2C3OC4(OC3OC12)C1CC2CC4CC(OC(=O)C(C)(F)F)(C2)C1.CCOC(C)OC1C(=O)OC2SC3(SC21)C1CC2CC3CC(OC(=O)C(C)(F)F)(C2)C1.COCOC1C(=O)OC2OC3(OC21)C1CC2CC3CC(OC(=O)C(C)(F)F)(C2)C1. The average molecular weight is 1910 g/mol. The first kappa shape index (κ1) is 93.1. The van der Waals surface area contributed by atoms with Gasteiger partial charge in [0, 0.05) is 78.3 Å². The van der Waals surface area contributed by atoms with E-state index in [1.807, 2.05) is 32.5 Å². The summed E-state index contributed by atoms with van der Waals surface area (Å²) in [5, 5.41) is -0.137. The lowest BCUT2D eigenvalue weighted by Gasteiger charge is -2.63. The first-order valence-corrected chi connectivity index (χ1v) is 48.7. The largest absolute Gasteiger partial charge is 0.456 e. The number of hydrogen-bond acceptors (Lipinski definition) is 34. The van der Waals surface area contributed by atoms with E-state index in [9.17, 15) is 73.5 Å². The van der Waals surface area contributed by atoms with E-state index in [2.05, 4.69) is 0 Å². The smallest absolute Gasteiger partial charge is 0.377 e. The molecule has 10 aliphatic heterocycles. The number of carbonyl (C=O) groups is 8. The predicted molar refractivity (Wildman–Crippen MR) is 424 cm³/mol. The van der Waals surface area contributed by atoms with Gasteiger partial charge in [0.05, 0.1) is 18.7 Å². The van der Waals surface area contributed by atoms with Crippen LogP contribution in [0.25, 0.3) is 0 Å². The van der Waals surface area contributed by atoms with Gasteiger partial charge in [-0.3, -0.25) is 0 Å². The first-order valence-electron chi connectivity index (χ1n) is 45.2. The van der Waals surface area contributed by atoms with Crippen LogP contribution in [0.3, 0.4) is 0 Å². The van der Waals surface area contributed by atoms with Gasteiger partial charge in [-0.2, -0.15) is 35.1 Å². The number of ether oxygens (including phenoxy) is 22. The summed E-state index contributed by atoms with van der Waals surface area (Å²) in [4.78, 5) is 97.4. The molecule has 16 saturated carbocycles. The van der Waals surface area contributed by atoms with Crippen molar-refractivity contribution in [2.45, 2.75) is 377 Å². The van der Waals surface area contributed by atoms with Crippen molar-refractivity contribution >= 4 is 94.8 Å². The number of carbonyl (C=O) groups excluding carboxylic acids is 8. The number of alkyl halides is 8. The van der Waals surface area contributed by atoms with Gasteiger partial charge in [-0.15, -0.1) is 35.3 Å². The zero-order valence-corrected chi connectivity index (χ0v) is 76.0. The Hall–Kier alpha value is -3.96. The van der Waals surface area contributed by atoms with Crippen LogP contribution in [0.5, 0.6) is 0 Å². The third-order valence-electron chi connectivity index (χ3n) is 30.9. The van der Waals surface area contributed by atoms with Crippen molar-refractivity contribution in [1.29, 1.82) is 0 Å². The average Bonchev–Trinajstić information content (AvgIpc) is 1.52. The summed E-state index contributed by atoms with van der Waals surface area (Å²) < 4.78 is 234. The number of thioether (sulfide) groups is 4. The van der Waals surface area contributed by atoms with Gasteiger partial charge in [0.1, 0.15) is 52.9 Å². The zero-order chi connectivity index (χ0) is 90.9. The molecule has 26 aliphatic rings. The molecular weight excluding hydrogens is 1790 g/mol. The molecule has 30 nitrogen and oxygen atoms in total. The van der Waals surface area contributed by atoms with Gasteiger partial charge in [-0.05, 0) is 217 Å².